The van der Waals surface area contributed by atoms with Crippen molar-refractivity contribution in [2.45, 2.75) is 71.1 Å². The molecule has 1 nitrogen and oxygen atoms in total. The number of unbranched alkanes of at least 4 members (excludes halogenated alkanes) is 9. The molecule has 0 spiro atoms. The first-order valence-corrected chi connectivity index (χ1v) is 6.02. The molecule has 14 heavy (non-hydrogen) atoms. The van der Waals surface area contributed by atoms with Gasteiger partial charge in [0.15, 0.2) is 0 Å². The maximum Gasteiger partial charge on any atom is 0.0431 e. The molecule has 0 saturated carbocycles. The van der Waals surface area contributed by atoms with Gasteiger partial charge in [-0.15, -0.1) is 0 Å². The van der Waals surface area contributed by atoms with E-state index < -0.39 is 0 Å². The van der Waals surface area contributed by atoms with Crippen LogP contribution in [0.25, 0.3) is 0 Å². The van der Waals surface area contributed by atoms with Crippen LogP contribution in [0, 0.1) is 0 Å². The third kappa shape index (κ3) is 15.0. The summed E-state index contributed by atoms with van der Waals surface area (Å²) >= 11 is 0. The molecule has 1 N–H and O–H groups in total. The van der Waals surface area contributed by atoms with Gasteiger partial charge in [0.25, 0.3) is 0 Å². The molecule has 2 heteroatoms. The molecule has 0 aromatic rings. The summed E-state index contributed by atoms with van der Waals surface area (Å²) in [5.74, 6) is 0. The minimum absolute atomic E-state index is 0. The van der Waals surface area contributed by atoms with Crippen LogP contribution in [-0.2, 0) is 17.1 Å². The molecule has 0 aromatic heterocycles. The van der Waals surface area contributed by atoms with Crippen molar-refractivity contribution in [3.8, 4) is 0 Å². The zero-order chi connectivity index (χ0) is 9.78. The fourth-order valence-corrected chi connectivity index (χ4v) is 1.60. The molecule has 0 fully saturated rings. The molecule has 0 amide bonds. The van der Waals surface area contributed by atoms with E-state index in [2.05, 4.69) is 6.92 Å². The molecule has 0 aromatic carbocycles. The fraction of sp³-hybridized carbons (Fsp3) is 1.00. The van der Waals surface area contributed by atoms with Crippen LogP contribution in [0.2, 0.25) is 0 Å². The first-order valence-electron chi connectivity index (χ1n) is 6.02. The van der Waals surface area contributed by atoms with Crippen molar-refractivity contribution in [3.63, 3.8) is 0 Å². The molecule has 0 saturated heterocycles. The van der Waals surface area contributed by atoms with Crippen molar-refractivity contribution in [1.82, 2.24) is 0 Å². The van der Waals surface area contributed by atoms with Crippen molar-refractivity contribution in [1.29, 1.82) is 0 Å². The van der Waals surface area contributed by atoms with Gasteiger partial charge in [0.2, 0.25) is 0 Å². The van der Waals surface area contributed by atoms with Crippen molar-refractivity contribution in [3.05, 3.63) is 0 Å². The normalized spacial score (nSPS) is 9.86. The van der Waals surface area contributed by atoms with E-state index in [4.69, 9.17) is 5.11 Å². The van der Waals surface area contributed by atoms with Crippen LogP contribution in [-0.4, -0.2) is 11.7 Å². The molecule has 0 rings (SSSR count). The van der Waals surface area contributed by atoms with Gasteiger partial charge in [-0.1, -0.05) is 64.7 Å². The van der Waals surface area contributed by atoms with E-state index in [0.29, 0.717) is 6.61 Å². The Morgan fingerprint density at radius 1 is 0.643 bits per heavy atom. The molecule has 0 aliphatic heterocycles. The van der Waals surface area contributed by atoms with E-state index in [9.17, 15) is 0 Å². The van der Waals surface area contributed by atoms with Gasteiger partial charge in [-0.25, -0.2) is 0 Å². The summed E-state index contributed by atoms with van der Waals surface area (Å²) in [6, 6.07) is 0. The van der Waals surface area contributed by atoms with Gasteiger partial charge >= 0.3 is 0 Å². The van der Waals surface area contributed by atoms with Crippen LogP contribution < -0.4 is 0 Å². The van der Waals surface area contributed by atoms with Gasteiger partial charge in [0.1, 0.15) is 0 Å². The van der Waals surface area contributed by atoms with E-state index in [1.54, 1.807) is 0 Å². The summed E-state index contributed by atoms with van der Waals surface area (Å²) in [5, 5.41) is 8.57. The van der Waals surface area contributed by atoms with E-state index in [1.165, 1.54) is 57.8 Å². The van der Waals surface area contributed by atoms with E-state index in [1.807, 2.05) is 0 Å². The number of hydrogen-bond acceptors (Lipinski definition) is 1. The molecule has 0 bridgehead atoms. The summed E-state index contributed by atoms with van der Waals surface area (Å²) < 4.78 is 0. The van der Waals surface area contributed by atoms with Crippen LogP contribution in [0.5, 0.6) is 0 Å². The Morgan fingerprint density at radius 2 is 1.00 bits per heavy atom. The smallest absolute Gasteiger partial charge is 0.0431 e. The van der Waals surface area contributed by atoms with E-state index in [0.717, 1.165) is 6.42 Å². The molecule has 0 atom stereocenters. The van der Waals surface area contributed by atoms with Crippen molar-refractivity contribution in [2.24, 2.45) is 0 Å². The number of hydrogen-bond donors (Lipinski definition) is 1. The van der Waals surface area contributed by atoms with Crippen LogP contribution in [0.1, 0.15) is 71.1 Å². The van der Waals surface area contributed by atoms with Crippen molar-refractivity contribution >= 4 is 0 Å². The number of aliphatic hydroxyl groups is 1. The third-order valence-electron chi connectivity index (χ3n) is 2.51. The largest absolute Gasteiger partial charge is 0.396 e. The summed E-state index contributed by atoms with van der Waals surface area (Å²) in [6.45, 7) is 2.63. The predicted molar refractivity (Wildman–Crippen MR) is 58.9 cm³/mol. The Balaban J connectivity index is 0. The minimum atomic E-state index is 0. The van der Waals surface area contributed by atoms with Crippen LogP contribution in [0.4, 0.5) is 0 Å². The van der Waals surface area contributed by atoms with E-state index in [-0.39, 0.29) is 17.1 Å². The quantitative estimate of drug-likeness (QED) is 0.455. The predicted octanol–water partition coefficient (Wildman–Crippen LogP) is 3.90. The van der Waals surface area contributed by atoms with Gasteiger partial charge in [-0.2, -0.15) is 0 Å². The Labute approximate surface area is 100 Å². The molecule has 88 valence electrons. The van der Waals surface area contributed by atoms with E-state index >= 15 is 0 Å². The molecule has 0 unspecified atom stereocenters. The molecule has 0 aliphatic rings. The maximum absolute atomic E-state index is 8.57. The van der Waals surface area contributed by atoms with Gasteiger partial charge in [-0.3, -0.25) is 0 Å². The topological polar surface area (TPSA) is 20.2 Å². The van der Waals surface area contributed by atoms with Crippen LogP contribution in [0.15, 0.2) is 0 Å². The monoisotopic (exact) mass is 242 g/mol. The summed E-state index contributed by atoms with van der Waals surface area (Å²) in [5.41, 5.74) is 0. The summed E-state index contributed by atoms with van der Waals surface area (Å²) in [6.07, 6.45) is 13.3. The van der Waals surface area contributed by atoms with Gasteiger partial charge < -0.3 is 5.11 Å². The maximum atomic E-state index is 8.57. The second kappa shape index (κ2) is 15.9. The average molecular weight is 242 g/mol. The molecule has 0 heterocycles. The number of aliphatic hydroxyl groups excluding tert-OH is 1. The van der Waals surface area contributed by atoms with Crippen LogP contribution in [0.3, 0.4) is 0 Å². The number of rotatable bonds is 10. The fourth-order valence-electron chi connectivity index (χ4n) is 1.60. The zero-order valence-electron chi connectivity index (χ0n) is 9.58. The average Bonchev–Trinajstić information content (AvgIpc) is 2.16. The Bertz CT molecular complexity index is 76.4. The molecular weight excluding hydrogens is 216 g/mol. The first kappa shape index (κ1) is 16.9. The summed E-state index contributed by atoms with van der Waals surface area (Å²) in [7, 11) is 0. The van der Waals surface area contributed by atoms with Crippen molar-refractivity contribution in [2.75, 3.05) is 6.61 Å². The second-order valence-corrected chi connectivity index (χ2v) is 3.91. The third-order valence-corrected chi connectivity index (χ3v) is 2.51. The van der Waals surface area contributed by atoms with Crippen molar-refractivity contribution < 1.29 is 22.2 Å². The zero-order valence-corrected chi connectivity index (χ0v) is 10.7. The summed E-state index contributed by atoms with van der Waals surface area (Å²) in [4.78, 5) is 0. The van der Waals surface area contributed by atoms with Gasteiger partial charge in [-0.05, 0) is 6.42 Å². The molecular formula is C12H26FeO. The first-order chi connectivity index (χ1) is 6.41. The molecule has 0 aliphatic carbocycles. The standard InChI is InChI=1S/C12H26O.Fe/c1-2-3-4-5-6-7-8-9-10-11-12-13;/h13H,2-12H2,1H3;. The minimum Gasteiger partial charge on any atom is -0.396 e. The van der Waals surface area contributed by atoms with Gasteiger partial charge in [0.05, 0.1) is 0 Å². The Morgan fingerprint density at radius 3 is 1.36 bits per heavy atom. The Hall–Kier alpha value is 0.479. The Kier molecular flexibility index (Phi) is 19.2. The molecule has 0 radical (unpaired) electrons. The second-order valence-electron chi connectivity index (χ2n) is 3.91. The van der Waals surface area contributed by atoms with Gasteiger partial charge in [0, 0.05) is 23.7 Å². The van der Waals surface area contributed by atoms with Crippen LogP contribution >= 0.6 is 0 Å². The SMILES string of the molecule is CCCCCCCCCCCCO.[Fe].